The van der Waals surface area contributed by atoms with E-state index in [1.54, 1.807) is 18.3 Å². The molecule has 0 saturated heterocycles. The smallest absolute Gasteiger partial charge is 0.271 e. The summed E-state index contributed by atoms with van der Waals surface area (Å²) in [7, 11) is 0. The number of aromatic hydroxyl groups is 1. The number of hydrogen-bond acceptors (Lipinski definition) is 3. The lowest BCUT2D eigenvalue weighted by Crippen LogP contribution is -2.19. The molecule has 2 aromatic carbocycles. The van der Waals surface area contributed by atoms with Gasteiger partial charge in [-0.1, -0.05) is 64.7 Å². The Kier molecular flexibility index (Phi) is 6.47. The number of rotatable bonds is 3. The Balaban J connectivity index is 2.32. The van der Waals surface area contributed by atoms with Gasteiger partial charge in [0.25, 0.3) is 5.91 Å². The number of phenolic OH excluding ortho intramolecular Hbond substituents is 1. The van der Waals surface area contributed by atoms with Crippen LogP contribution in [-0.4, -0.2) is 17.2 Å². The summed E-state index contributed by atoms with van der Waals surface area (Å²) in [4.78, 5) is 12.2. The van der Waals surface area contributed by atoms with Gasteiger partial charge in [-0.2, -0.15) is 5.10 Å². The number of nitrogens with one attached hydrogen (secondary N) is 1. The van der Waals surface area contributed by atoms with Gasteiger partial charge in [0.15, 0.2) is 0 Å². The van der Waals surface area contributed by atoms with Crippen molar-refractivity contribution in [3.05, 3.63) is 62.6 Å². The highest BCUT2D eigenvalue weighted by molar-refractivity contribution is 6.42. The molecule has 0 aromatic heterocycles. The number of nitrogens with zero attached hydrogens (tertiary/aromatic N) is 1. The minimum absolute atomic E-state index is 0.239. The summed E-state index contributed by atoms with van der Waals surface area (Å²) in [5.74, 6) is -0.0855. The maximum absolute atomic E-state index is 12.2. The molecule has 0 spiro atoms. The Bertz CT molecular complexity index is 888. The van der Waals surface area contributed by atoms with Gasteiger partial charge < -0.3 is 5.11 Å². The molecule has 2 aromatic rings. The van der Waals surface area contributed by atoms with Gasteiger partial charge in [0.05, 0.1) is 16.3 Å². The molecule has 0 saturated carbocycles. The first-order valence-electron chi connectivity index (χ1n) is 8.97. The van der Waals surface area contributed by atoms with Crippen molar-refractivity contribution < 1.29 is 9.90 Å². The minimum atomic E-state index is -0.388. The molecule has 1 amide bonds. The molecule has 0 aliphatic carbocycles. The van der Waals surface area contributed by atoms with Crippen LogP contribution in [0.1, 0.15) is 68.6 Å². The fraction of sp³-hybridized carbons (Fsp3) is 0.364. The molecular formula is C22H26Cl2N2O2. The highest BCUT2D eigenvalue weighted by Gasteiger charge is 2.26. The molecule has 0 unspecified atom stereocenters. The van der Waals surface area contributed by atoms with Crippen LogP contribution >= 0.6 is 23.2 Å². The van der Waals surface area contributed by atoms with Crippen LogP contribution in [0.4, 0.5) is 0 Å². The highest BCUT2D eigenvalue weighted by atomic mass is 35.5. The van der Waals surface area contributed by atoms with Gasteiger partial charge in [-0.15, -0.1) is 0 Å². The number of amides is 1. The van der Waals surface area contributed by atoms with Crippen molar-refractivity contribution in [1.29, 1.82) is 0 Å². The first-order valence-corrected chi connectivity index (χ1v) is 9.72. The molecule has 0 radical (unpaired) electrons. The molecule has 0 aliphatic rings. The van der Waals surface area contributed by atoms with Crippen LogP contribution in [0.25, 0.3) is 0 Å². The van der Waals surface area contributed by atoms with Crippen molar-refractivity contribution in [3.63, 3.8) is 0 Å². The lowest BCUT2D eigenvalue weighted by atomic mass is 9.78. The third-order valence-corrected chi connectivity index (χ3v) is 5.05. The number of hydrogen-bond donors (Lipinski definition) is 2. The number of benzene rings is 2. The molecule has 0 atom stereocenters. The van der Waals surface area contributed by atoms with Gasteiger partial charge in [-0.05, 0) is 46.7 Å². The van der Waals surface area contributed by atoms with Crippen LogP contribution in [0.2, 0.25) is 10.0 Å². The second-order valence-corrected chi connectivity index (χ2v) is 9.61. The summed E-state index contributed by atoms with van der Waals surface area (Å²) >= 11 is 11.8. The van der Waals surface area contributed by atoms with Crippen molar-refractivity contribution in [2.24, 2.45) is 5.10 Å². The van der Waals surface area contributed by atoms with Crippen molar-refractivity contribution in [2.75, 3.05) is 0 Å². The number of carbonyl (C=O) groups excluding carboxylic acids is 1. The topological polar surface area (TPSA) is 61.7 Å². The first-order chi connectivity index (χ1) is 12.8. The molecule has 0 heterocycles. The molecular weight excluding hydrogens is 395 g/mol. The largest absolute Gasteiger partial charge is 0.507 e. The Hall–Kier alpha value is -2.04. The molecule has 28 heavy (non-hydrogen) atoms. The Morgan fingerprint density at radius 1 is 0.964 bits per heavy atom. The third kappa shape index (κ3) is 5.27. The first kappa shape index (κ1) is 22.3. The lowest BCUT2D eigenvalue weighted by Gasteiger charge is -2.27. The van der Waals surface area contributed by atoms with Crippen LogP contribution < -0.4 is 5.43 Å². The second kappa shape index (κ2) is 8.14. The van der Waals surface area contributed by atoms with Crippen molar-refractivity contribution >= 4 is 35.3 Å². The van der Waals surface area contributed by atoms with E-state index in [9.17, 15) is 9.90 Å². The minimum Gasteiger partial charge on any atom is -0.507 e. The summed E-state index contributed by atoms with van der Waals surface area (Å²) < 4.78 is 0. The molecule has 0 aliphatic heterocycles. The SMILES string of the molecule is CC(C)(C)c1cc(/C=N\NC(=O)c2ccc(Cl)c(Cl)c2)cc(C(C)(C)C)c1O. The van der Waals surface area contributed by atoms with E-state index in [1.807, 2.05) is 53.7 Å². The van der Waals surface area contributed by atoms with Crippen LogP contribution in [0.5, 0.6) is 5.75 Å². The fourth-order valence-corrected chi connectivity index (χ4v) is 3.04. The van der Waals surface area contributed by atoms with Crippen molar-refractivity contribution in [3.8, 4) is 5.75 Å². The van der Waals surface area contributed by atoms with Crippen LogP contribution in [-0.2, 0) is 10.8 Å². The van der Waals surface area contributed by atoms with E-state index in [-0.39, 0.29) is 16.7 Å². The Morgan fingerprint density at radius 3 is 1.96 bits per heavy atom. The van der Waals surface area contributed by atoms with E-state index in [1.165, 1.54) is 6.07 Å². The standard InChI is InChI=1S/C22H26Cl2N2O2/c1-21(2,3)15-9-13(10-16(19(15)27)22(4,5)6)12-25-26-20(28)14-7-8-17(23)18(24)11-14/h7-12,27H,1-6H3,(H,26,28)/b25-12-. The third-order valence-electron chi connectivity index (χ3n) is 4.31. The van der Waals surface area contributed by atoms with Gasteiger partial charge in [0.2, 0.25) is 0 Å². The summed E-state index contributed by atoms with van der Waals surface area (Å²) in [6.45, 7) is 12.3. The molecule has 2 rings (SSSR count). The van der Waals surface area contributed by atoms with E-state index in [4.69, 9.17) is 23.2 Å². The molecule has 150 valence electrons. The average Bonchev–Trinajstić information content (AvgIpc) is 2.56. The van der Waals surface area contributed by atoms with Gasteiger partial charge in [0, 0.05) is 16.7 Å². The zero-order chi connectivity index (χ0) is 21.3. The summed E-state index contributed by atoms with van der Waals surface area (Å²) in [5.41, 5.74) is 4.83. The zero-order valence-electron chi connectivity index (χ0n) is 17.0. The number of phenols is 1. The molecule has 0 bridgehead atoms. The quantitative estimate of drug-likeness (QED) is 0.468. The average molecular weight is 421 g/mol. The maximum atomic E-state index is 12.2. The summed E-state index contributed by atoms with van der Waals surface area (Å²) in [5, 5.41) is 15.5. The van der Waals surface area contributed by atoms with Crippen LogP contribution in [0.15, 0.2) is 35.4 Å². The van der Waals surface area contributed by atoms with Crippen LogP contribution in [0.3, 0.4) is 0 Å². The van der Waals surface area contributed by atoms with E-state index in [0.29, 0.717) is 21.4 Å². The zero-order valence-corrected chi connectivity index (χ0v) is 18.5. The van der Waals surface area contributed by atoms with E-state index >= 15 is 0 Å². The molecule has 2 N–H and O–H groups in total. The number of halogens is 2. The van der Waals surface area contributed by atoms with E-state index < -0.39 is 0 Å². The summed E-state index contributed by atoms with van der Waals surface area (Å²) in [6.07, 6.45) is 1.57. The van der Waals surface area contributed by atoms with E-state index in [0.717, 1.165) is 16.7 Å². The number of carbonyl (C=O) groups is 1. The monoisotopic (exact) mass is 420 g/mol. The molecule has 0 fully saturated rings. The Labute approximate surface area is 176 Å². The normalized spacial score (nSPS) is 12.4. The number of hydrazone groups is 1. The summed E-state index contributed by atoms with van der Waals surface area (Å²) in [6, 6.07) is 8.41. The fourth-order valence-electron chi connectivity index (χ4n) is 2.74. The van der Waals surface area contributed by atoms with Gasteiger partial charge in [-0.25, -0.2) is 5.43 Å². The van der Waals surface area contributed by atoms with Crippen LogP contribution in [0, 0.1) is 0 Å². The van der Waals surface area contributed by atoms with E-state index in [2.05, 4.69) is 10.5 Å². The van der Waals surface area contributed by atoms with Gasteiger partial charge >= 0.3 is 0 Å². The predicted octanol–water partition coefficient (Wildman–Crippen LogP) is 6.06. The second-order valence-electron chi connectivity index (χ2n) is 8.79. The van der Waals surface area contributed by atoms with Gasteiger partial charge in [0.1, 0.15) is 5.75 Å². The molecule has 4 nitrogen and oxygen atoms in total. The van der Waals surface area contributed by atoms with Gasteiger partial charge in [-0.3, -0.25) is 4.79 Å². The lowest BCUT2D eigenvalue weighted by molar-refractivity contribution is 0.0955. The maximum Gasteiger partial charge on any atom is 0.271 e. The van der Waals surface area contributed by atoms with Crippen molar-refractivity contribution in [2.45, 2.75) is 52.4 Å². The predicted molar refractivity (Wildman–Crippen MR) is 117 cm³/mol. The van der Waals surface area contributed by atoms with Crippen molar-refractivity contribution in [1.82, 2.24) is 5.43 Å². The Morgan fingerprint density at radius 2 is 1.50 bits per heavy atom. The molecule has 6 heteroatoms. The highest BCUT2D eigenvalue weighted by Crippen LogP contribution is 2.39.